The molecule has 0 aromatic carbocycles. The molecule has 0 radical (unpaired) electrons. The Labute approximate surface area is 122 Å². The fourth-order valence-electron chi connectivity index (χ4n) is 3.59. The van der Waals surface area contributed by atoms with Gasteiger partial charge in [-0.3, -0.25) is 16.0 Å². The highest BCUT2D eigenvalue weighted by Crippen LogP contribution is 2.38. The van der Waals surface area contributed by atoms with Crippen LogP contribution in [0.5, 0.6) is 0 Å². The Morgan fingerprint density at radius 2 is 2.15 bits per heavy atom. The number of nitrogens with two attached hydrogens (primary N) is 1. The van der Waals surface area contributed by atoms with E-state index in [9.17, 15) is 0 Å². The van der Waals surface area contributed by atoms with Crippen LogP contribution >= 0.6 is 0 Å². The summed E-state index contributed by atoms with van der Waals surface area (Å²) in [4.78, 5) is 2.37. The molecule has 1 aliphatic rings. The zero-order valence-corrected chi connectivity index (χ0v) is 13.3. The second kappa shape index (κ2) is 6.24. The van der Waals surface area contributed by atoms with Crippen molar-refractivity contribution in [3.63, 3.8) is 0 Å². The first kappa shape index (κ1) is 15.5. The van der Waals surface area contributed by atoms with Gasteiger partial charge in [0.2, 0.25) is 0 Å². The van der Waals surface area contributed by atoms with Crippen molar-refractivity contribution in [2.75, 3.05) is 14.1 Å². The molecule has 0 amide bonds. The van der Waals surface area contributed by atoms with Crippen molar-refractivity contribution in [2.24, 2.45) is 18.8 Å². The minimum Gasteiger partial charge on any atom is -0.302 e. The number of aryl methyl sites for hydroxylation is 1. The van der Waals surface area contributed by atoms with Gasteiger partial charge in [-0.25, -0.2) is 0 Å². The standard InChI is InChI=1S/C15H29N5/c1-12-5-7-15(8-6-12,19(2)3)14(18-16)9-13-10-17-20(4)11-13/h10-12,14,18H,5-9,16H2,1-4H3. The lowest BCUT2D eigenvalue weighted by atomic mass is 9.71. The first-order valence-electron chi connectivity index (χ1n) is 7.59. The summed E-state index contributed by atoms with van der Waals surface area (Å²) in [5.74, 6) is 6.75. The van der Waals surface area contributed by atoms with Crippen LogP contribution in [0.15, 0.2) is 12.4 Å². The second-order valence-corrected chi connectivity index (χ2v) is 6.63. The Bertz CT molecular complexity index is 418. The van der Waals surface area contributed by atoms with Crippen molar-refractivity contribution < 1.29 is 0 Å². The molecule has 0 bridgehead atoms. The van der Waals surface area contributed by atoms with E-state index in [1.807, 2.05) is 17.9 Å². The van der Waals surface area contributed by atoms with Gasteiger partial charge in [-0.1, -0.05) is 6.92 Å². The molecule has 20 heavy (non-hydrogen) atoms. The largest absolute Gasteiger partial charge is 0.302 e. The Kier molecular flexibility index (Phi) is 4.83. The molecule has 1 aromatic heterocycles. The molecule has 5 heteroatoms. The smallest absolute Gasteiger partial charge is 0.0522 e. The van der Waals surface area contributed by atoms with E-state index in [1.165, 1.54) is 31.2 Å². The Morgan fingerprint density at radius 1 is 1.50 bits per heavy atom. The van der Waals surface area contributed by atoms with E-state index in [4.69, 9.17) is 5.84 Å². The van der Waals surface area contributed by atoms with Crippen LogP contribution in [0.3, 0.4) is 0 Å². The van der Waals surface area contributed by atoms with Crippen LogP contribution < -0.4 is 11.3 Å². The summed E-state index contributed by atoms with van der Waals surface area (Å²) in [6, 6.07) is 0.259. The van der Waals surface area contributed by atoms with Gasteiger partial charge in [-0.2, -0.15) is 5.10 Å². The Morgan fingerprint density at radius 3 is 2.60 bits per heavy atom. The van der Waals surface area contributed by atoms with Gasteiger partial charge in [0.05, 0.1) is 6.20 Å². The molecule has 5 nitrogen and oxygen atoms in total. The topological polar surface area (TPSA) is 59.1 Å². The van der Waals surface area contributed by atoms with Gasteiger partial charge in [-0.05, 0) is 57.7 Å². The lowest BCUT2D eigenvalue weighted by Crippen LogP contribution is -2.62. The average Bonchev–Trinajstić information content (AvgIpc) is 2.82. The molecule has 1 unspecified atom stereocenters. The van der Waals surface area contributed by atoms with Crippen LogP contribution in [0.25, 0.3) is 0 Å². The van der Waals surface area contributed by atoms with Gasteiger partial charge in [0.25, 0.3) is 0 Å². The molecule has 0 aliphatic heterocycles. The number of hydrogen-bond donors (Lipinski definition) is 2. The van der Waals surface area contributed by atoms with Crippen molar-refractivity contribution in [3.8, 4) is 0 Å². The van der Waals surface area contributed by atoms with Crippen molar-refractivity contribution in [1.29, 1.82) is 0 Å². The second-order valence-electron chi connectivity index (χ2n) is 6.63. The van der Waals surface area contributed by atoms with E-state index in [1.54, 1.807) is 0 Å². The maximum atomic E-state index is 5.91. The molecule has 1 aliphatic carbocycles. The zero-order valence-electron chi connectivity index (χ0n) is 13.3. The summed E-state index contributed by atoms with van der Waals surface area (Å²) in [6.07, 6.45) is 9.93. The van der Waals surface area contributed by atoms with Crippen molar-refractivity contribution in [3.05, 3.63) is 18.0 Å². The molecular formula is C15H29N5. The first-order valence-corrected chi connectivity index (χ1v) is 7.59. The van der Waals surface area contributed by atoms with E-state index in [2.05, 4.69) is 42.6 Å². The van der Waals surface area contributed by atoms with Crippen LogP contribution in [0, 0.1) is 5.92 Å². The van der Waals surface area contributed by atoms with E-state index in [0.29, 0.717) is 0 Å². The van der Waals surface area contributed by atoms with E-state index >= 15 is 0 Å². The van der Waals surface area contributed by atoms with Crippen LogP contribution in [-0.2, 0) is 13.5 Å². The van der Waals surface area contributed by atoms with Crippen LogP contribution in [0.2, 0.25) is 0 Å². The minimum atomic E-state index is 0.150. The van der Waals surface area contributed by atoms with Gasteiger partial charge in [0.1, 0.15) is 0 Å². The van der Waals surface area contributed by atoms with Crippen LogP contribution in [0.1, 0.15) is 38.2 Å². The van der Waals surface area contributed by atoms with Gasteiger partial charge in [0, 0.05) is 24.8 Å². The molecule has 1 aromatic rings. The number of nitrogens with one attached hydrogen (secondary N) is 1. The number of rotatable bonds is 5. The third-order valence-electron chi connectivity index (χ3n) is 5.08. The number of aromatic nitrogens is 2. The van der Waals surface area contributed by atoms with Crippen molar-refractivity contribution >= 4 is 0 Å². The quantitative estimate of drug-likeness (QED) is 0.630. The molecule has 0 saturated heterocycles. The highest BCUT2D eigenvalue weighted by molar-refractivity contribution is 5.11. The normalized spacial score (nSPS) is 28.8. The molecule has 2 rings (SSSR count). The summed E-state index contributed by atoms with van der Waals surface area (Å²) in [6.45, 7) is 2.35. The van der Waals surface area contributed by atoms with Crippen molar-refractivity contribution in [1.82, 2.24) is 20.1 Å². The zero-order chi connectivity index (χ0) is 14.8. The van der Waals surface area contributed by atoms with Crippen LogP contribution in [0.4, 0.5) is 0 Å². The Hall–Kier alpha value is -0.910. The average molecular weight is 279 g/mol. The maximum Gasteiger partial charge on any atom is 0.0522 e. The third-order valence-corrected chi connectivity index (χ3v) is 5.08. The molecule has 0 spiro atoms. The van der Waals surface area contributed by atoms with Gasteiger partial charge >= 0.3 is 0 Å². The molecule has 1 fully saturated rings. The molecule has 1 saturated carbocycles. The first-order chi connectivity index (χ1) is 9.48. The number of hydrazine groups is 1. The number of nitrogens with zero attached hydrogens (tertiary/aromatic N) is 3. The lowest BCUT2D eigenvalue weighted by molar-refractivity contribution is 0.0434. The van der Waals surface area contributed by atoms with Gasteiger partial charge in [0.15, 0.2) is 0 Å². The van der Waals surface area contributed by atoms with Crippen molar-refractivity contribution in [2.45, 2.75) is 50.6 Å². The fraction of sp³-hybridized carbons (Fsp3) is 0.800. The summed E-state index contributed by atoms with van der Waals surface area (Å²) >= 11 is 0. The maximum absolute atomic E-state index is 5.91. The Balaban J connectivity index is 2.17. The predicted molar refractivity (Wildman–Crippen MR) is 82.1 cm³/mol. The lowest BCUT2D eigenvalue weighted by Gasteiger charge is -2.49. The third kappa shape index (κ3) is 3.05. The molecule has 1 heterocycles. The summed E-state index contributed by atoms with van der Waals surface area (Å²) < 4.78 is 1.86. The van der Waals surface area contributed by atoms with Gasteiger partial charge < -0.3 is 4.90 Å². The van der Waals surface area contributed by atoms with Gasteiger partial charge in [-0.15, -0.1) is 0 Å². The highest BCUT2D eigenvalue weighted by atomic mass is 15.3. The van der Waals surface area contributed by atoms with E-state index < -0.39 is 0 Å². The van der Waals surface area contributed by atoms with E-state index in [-0.39, 0.29) is 11.6 Å². The van der Waals surface area contributed by atoms with E-state index in [0.717, 1.165) is 12.3 Å². The summed E-state index contributed by atoms with van der Waals surface area (Å²) in [5.41, 5.74) is 4.48. The molecular weight excluding hydrogens is 250 g/mol. The summed E-state index contributed by atoms with van der Waals surface area (Å²) in [5, 5.41) is 4.26. The minimum absolute atomic E-state index is 0.150. The SMILES string of the molecule is CC1CCC(C(Cc2cnn(C)c2)NN)(N(C)C)CC1. The number of likely N-dealkylation sites (N-methyl/N-ethyl adjacent to an activating group) is 1. The number of hydrogen-bond acceptors (Lipinski definition) is 4. The molecule has 114 valence electrons. The monoisotopic (exact) mass is 279 g/mol. The molecule has 1 atom stereocenters. The fourth-order valence-corrected chi connectivity index (χ4v) is 3.59. The summed E-state index contributed by atoms with van der Waals surface area (Å²) in [7, 11) is 6.32. The van der Waals surface area contributed by atoms with Crippen LogP contribution in [-0.4, -0.2) is 40.4 Å². The molecule has 3 N–H and O–H groups in total. The highest BCUT2D eigenvalue weighted by Gasteiger charge is 2.42. The predicted octanol–water partition coefficient (Wildman–Crippen LogP) is 1.31.